The van der Waals surface area contributed by atoms with E-state index >= 15 is 0 Å². The van der Waals surface area contributed by atoms with Gasteiger partial charge in [0, 0.05) is 23.9 Å². The topological polar surface area (TPSA) is 36.4 Å². The fourth-order valence-corrected chi connectivity index (χ4v) is 4.43. The van der Waals surface area contributed by atoms with E-state index in [2.05, 4.69) is 10.3 Å². The van der Waals surface area contributed by atoms with Crippen molar-refractivity contribution in [3.63, 3.8) is 0 Å². The van der Waals surface area contributed by atoms with E-state index in [4.69, 9.17) is 4.98 Å². The molecule has 1 N–H and O–H groups in total. The Labute approximate surface area is 119 Å². The molecule has 1 aromatic heterocycles. The SMILES string of the molecule is OCC1CCCN1Cc1csc(C2CCCCC2)n1. The summed E-state index contributed by atoms with van der Waals surface area (Å²) >= 11 is 1.85. The average Bonchev–Trinajstić information content (AvgIpc) is 3.09. The van der Waals surface area contributed by atoms with E-state index in [0.717, 1.165) is 25.4 Å². The molecule has 19 heavy (non-hydrogen) atoms. The molecule has 2 fully saturated rings. The van der Waals surface area contributed by atoms with Gasteiger partial charge in [-0.25, -0.2) is 4.98 Å². The monoisotopic (exact) mass is 280 g/mol. The Morgan fingerprint density at radius 3 is 2.84 bits per heavy atom. The fraction of sp³-hybridized carbons (Fsp3) is 0.800. The molecule has 2 aliphatic rings. The van der Waals surface area contributed by atoms with E-state index in [0.29, 0.717) is 12.6 Å². The van der Waals surface area contributed by atoms with Crippen molar-refractivity contribution in [1.29, 1.82) is 0 Å². The summed E-state index contributed by atoms with van der Waals surface area (Å²) in [5.41, 5.74) is 1.21. The molecule has 1 saturated carbocycles. The zero-order chi connectivity index (χ0) is 13.1. The first-order valence-corrected chi connectivity index (χ1v) is 8.54. The first-order chi connectivity index (χ1) is 9.36. The van der Waals surface area contributed by atoms with Crippen molar-refractivity contribution in [3.8, 4) is 0 Å². The maximum atomic E-state index is 9.36. The van der Waals surface area contributed by atoms with Crippen LogP contribution in [0.25, 0.3) is 0 Å². The van der Waals surface area contributed by atoms with Gasteiger partial charge >= 0.3 is 0 Å². The largest absolute Gasteiger partial charge is 0.395 e. The summed E-state index contributed by atoms with van der Waals surface area (Å²) < 4.78 is 0. The third kappa shape index (κ3) is 3.18. The van der Waals surface area contributed by atoms with Gasteiger partial charge < -0.3 is 5.11 Å². The predicted molar refractivity (Wildman–Crippen MR) is 78.5 cm³/mol. The van der Waals surface area contributed by atoms with Crippen molar-refractivity contribution in [3.05, 3.63) is 16.1 Å². The van der Waals surface area contributed by atoms with Gasteiger partial charge in [-0.3, -0.25) is 4.90 Å². The summed E-state index contributed by atoms with van der Waals surface area (Å²) in [6.45, 7) is 2.33. The molecule has 2 heterocycles. The van der Waals surface area contributed by atoms with E-state index in [1.54, 1.807) is 0 Å². The number of aliphatic hydroxyl groups excluding tert-OH is 1. The van der Waals surface area contributed by atoms with Gasteiger partial charge in [-0.2, -0.15) is 0 Å². The van der Waals surface area contributed by atoms with E-state index in [-0.39, 0.29) is 0 Å². The van der Waals surface area contributed by atoms with Gasteiger partial charge in [0.2, 0.25) is 0 Å². The van der Waals surface area contributed by atoms with Gasteiger partial charge in [0.25, 0.3) is 0 Å². The number of thiazole rings is 1. The molecule has 0 radical (unpaired) electrons. The van der Waals surface area contributed by atoms with Crippen LogP contribution in [0.1, 0.15) is 61.6 Å². The number of aromatic nitrogens is 1. The molecule has 0 spiro atoms. The minimum atomic E-state index is 0.291. The molecule has 1 aliphatic carbocycles. The summed E-state index contributed by atoms with van der Waals surface area (Å²) in [6.07, 6.45) is 9.16. The number of aliphatic hydroxyl groups is 1. The smallest absolute Gasteiger partial charge is 0.0959 e. The third-order valence-electron chi connectivity index (χ3n) is 4.60. The summed E-state index contributed by atoms with van der Waals surface area (Å²) in [4.78, 5) is 7.25. The van der Waals surface area contributed by atoms with E-state index in [9.17, 15) is 5.11 Å². The van der Waals surface area contributed by atoms with Gasteiger partial charge in [0.05, 0.1) is 17.3 Å². The second kappa shape index (κ2) is 6.33. The predicted octanol–water partition coefficient (Wildman–Crippen LogP) is 3.15. The lowest BCUT2D eigenvalue weighted by Crippen LogP contribution is -2.31. The standard InChI is InChI=1S/C15H24N2OS/c18-10-14-7-4-8-17(14)9-13-11-19-15(16-13)12-5-2-1-3-6-12/h11-12,14,18H,1-10H2. The highest BCUT2D eigenvalue weighted by Gasteiger charge is 2.25. The quantitative estimate of drug-likeness (QED) is 0.920. The Hall–Kier alpha value is -0.450. The highest BCUT2D eigenvalue weighted by molar-refractivity contribution is 7.09. The van der Waals surface area contributed by atoms with Crippen molar-refractivity contribution < 1.29 is 5.11 Å². The maximum Gasteiger partial charge on any atom is 0.0959 e. The average molecular weight is 280 g/mol. The van der Waals surface area contributed by atoms with E-state index in [1.165, 1.54) is 49.2 Å². The fourth-order valence-electron chi connectivity index (χ4n) is 3.45. The van der Waals surface area contributed by atoms with Crippen LogP contribution >= 0.6 is 11.3 Å². The molecule has 4 heteroatoms. The minimum absolute atomic E-state index is 0.291. The van der Waals surface area contributed by atoms with Crippen molar-refractivity contribution in [2.75, 3.05) is 13.2 Å². The number of rotatable bonds is 4. The van der Waals surface area contributed by atoms with Crippen molar-refractivity contribution in [2.24, 2.45) is 0 Å². The number of likely N-dealkylation sites (tertiary alicyclic amines) is 1. The second-order valence-electron chi connectivity index (χ2n) is 5.96. The van der Waals surface area contributed by atoms with Crippen LogP contribution < -0.4 is 0 Å². The van der Waals surface area contributed by atoms with E-state index < -0.39 is 0 Å². The van der Waals surface area contributed by atoms with Crippen LogP contribution in [0.2, 0.25) is 0 Å². The molecule has 1 atom stereocenters. The second-order valence-corrected chi connectivity index (χ2v) is 6.85. The third-order valence-corrected chi connectivity index (χ3v) is 5.65. The summed E-state index contributed by atoms with van der Waals surface area (Å²) in [5, 5.41) is 13.0. The molecular formula is C15H24N2OS. The Morgan fingerprint density at radius 2 is 2.05 bits per heavy atom. The van der Waals surface area contributed by atoms with Crippen LogP contribution in [0.5, 0.6) is 0 Å². The molecule has 3 nitrogen and oxygen atoms in total. The summed E-state index contributed by atoms with van der Waals surface area (Å²) in [7, 11) is 0. The Morgan fingerprint density at radius 1 is 1.21 bits per heavy atom. The highest BCUT2D eigenvalue weighted by Crippen LogP contribution is 2.34. The number of nitrogens with zero attached hydrogens (tertiary/aromatic N) is 2. The molecule has 1 saturated heterocycles. The lowest BCUT2D eigenvalue weighted by Gasteiger charge is -2.21. The van der Waals surface area contributed by atoms with Gasteiger partial charge in [-0.05, 0) is 32.2 Å². The van der Waals surface area contributed by atoms with Crippen LogP contribution in [0.3, 0.4) is 0 Å². The first-order valence-electron chi connectivity index (χ1n) is 7.66. The number of hydrogen-bond acceptors (Lipinski definition) is 4. The molecule has 1 aliphatic heterocycles. The van der Waals surface area contributed by atoms with Gasteiger partial charge in [0.1, 0.15) is 0 Å². The molecular weight excluding hydrogens is 256 g/mol. The van der Waals surface area contributed by atoms with Crippen LogP contribution in [0.4, 0.5) is 0 Å². The van der Waals surface area contributed by atoms with Crippen LogP contribution in [-0.4, -0.2) is 34.2 Å². The summed E-state index contributed by atoms with van der Waals surface area (Å²) in [5.74, 6) is 0.722. The molecule has 1 unspecified atom stereocenters. The zero-order valence-electron chi connectivity index (χ0n) is 11.6. The molecule has 106 valence electrons. The molecule has 3 rings (SSSR count). The first kappa shape index (κ1) is 13.5. The Balaban J connectivity index is 1.61. The Kier molecular flexibility index (Phi) is 4.51. The van der Waals surface area contributed by atoms with Gasteiger partial charge in [-0.15, -0.1) is 11.3 Å². The molecule has 0 amide bonds. The maximum absolute atomic E-state index is 9.36. The highest BCUT2D eigenvalue weighted by atomic mass is 32.1. The molecule has 1 aromatic rings. The van der Waals surface area contributed by atoms with Crippen molar-refractivity contribution >= 4 is 11.3 Å². The van der Waals surface area contributed by atoms with Crippen molar-refractivity contribution in [2.45, 2.75) is 63.5 Å². The normalized spacial score (nSPS) is 26.1. The lowest BCUT2D eigenvalue weighted by atomic mass is 9.90. The van der Waals surface area contributed by atoms with Gasteiger partial charge in [0.15, 0.2) is 0 Å². The number of hydrogen-bond donors (Lipinski definition) is 1. The van der Waals surface area contributed by atoms with Crippen LogP contribution in [0.15, 0.2) is 5.38 Å². The zero-order valence-corrected chi connectivity index (χ0v) is 12.4. The lowest BCUT2D eigenvalue weighted by molar-refractivity contribution is 0.152. The van der Waals surface area contributed by atoms with Crippen LogP contribution in [-0.2, 0) is 6.54 Å². The van der Waals surface area contributed by atoms with Gasteiger partial charge in [-0.1, -0.05) is 19.3 Å². The molecule has 0 bridgehead atoms. The Bertz CT molecular complexity index is 401. The summed E-state index contributed by atoms with van der Waals surface area (Å²) in [6, 6.07) is 0.361. The minimum Gasteiger partial charge on any atom is -0.395 e. The van der Waals surface area contributed by atoms with E-state index in [1.807, 2.05) is 11.3 Å². The van der Waals surface area contributed by atoms with Crippen LogP contribution in [0, 0.1) is 0 Å². The molecule has 0 aromatic carbocycles. The van der Waals surface area contributed by atoms with Crippen molar-refractivity contribution in [1.82, 2.24) is 9.88 Å².